The average molecular weight is 377 g/mol. The summed E-state index contributed by atoms with van der Waals surface area (Å²) in [6.07, 6.45) is 4.70. The van der Waals surface area contributed by atoms with E-state index in [0.717, 1.165) is 46.8 Å². The van der Waals surface area contributed by atoms with E-state index in [1.54, 1.807) is 22.8 Å². The largest absolute Gasteiger partial charge is 0.494 e. The quantitative estimate of drug-likeness (QED) is 0.469. The number of fused-ring (bicyclic) bond motifs is 1. The molecule has 0 aliphatic rings. The van der Waals surface area contributed by atoms with E-state index in [0.29, 0.717) is 12.2 Å². The van der Waals surface area contributed by atoms with E-state index in [9.17, 15) is 9.59 Å². The van der Waals surface area contributed by atoms with Gasteiger partial charge in [0.05, 0.1) is 12.1 Å². The molecule has 2 aromatic carbocycles. The van der Waals surface area contributed by atoms with Crippen LogP contribution in [-0.4, -0.2) is 28.2 Å². The zero-order chi connectivity index (χ0) is 20.1. The van der Waals surface area contributed by atoms with E-state index < -0.39 is 5.97 Å². The lowest BCUT2D eigenvalue weighted by atomic mass is 10.1. The van der Waals surface area contributed by atoms with E-state index in [1.165, 1.54) is 0 Å². The number of carbonyl (C=O) groups is 2. The summed E-state index contributed by atoms with van der Waals surface area (Å²) in [5, 5.41) is 9.72. The number of aryl methyl sites for hydroxylation is 1. The van der Waals surface area contributed by atoms with Gasteiger partial charge in [0, 0.05) is 22.7 Å². The zero-order valence-corrected chi connectivity index (χ0v) is 16.0. The van der Waals surface area contributed by atoms with Crippen molar-refractivity contribution >= 4 is 28.9 Å². The molecule has 0 saturated carbocycles. The summed E-state index contributed by atoms with van der Waals surface area (Å²) >= 11 is 0. The van der Waals surface area contributed by atoms with Gasteiger partial charge in [-0.05, 0) is 61.4 Å². The van der Waals surface area contributed by atoms with Gasteiger partial charge >= 0.3 is 5.97 Å². The Balaban J connectivity index is 1.92. The Kier molecular flexibility index (Phi) is 5.94. The molecule has 1 heterocycles. The fraction of sp³-hybridized carbons (Fsp3) is 0.217. The standard InChI is InChI=1S/C23H23NO4/c1-3-4-14-28-19-11-8-18(9-12-19)23(27)24-16(2)15-20-17(10-13-22(25)26)6-5-7-21(20)24/h5-13,15H,3-4,14H2,1-2H3,(H,25,26). The first-order valence-electron chi connectivity index (χ1n) is 9.31. The Bertz CT molecular complexity index is 1030. The Morgan fingerprint density at radius 1 is 1.14 bits per heavy atom. The van der Waals surface area contributed by atoms with Crippen molar-refractivity contribution in [3.05, 3.63) is 71.4 Å². The summed E-state index contributed by atoms with van der Waals surface area (Å²) in [6, 6.07) is 14.6. The lowest BCUT2D eigenvalue weighted by molar-refractivity contribution is -0.131. The molecule has 0 spiro atoms. The molecule has 1 aromatic heterocycles. The molecular weight excluding hydrogens is 354 g/mol. The Morgan fingerprint density at radius 2 is 1.89 bits per heavy atom. The Labute approximate surface area is 163 Å². The molecule has 0 unspecified atom stereocenters. The average Bonchev–Trinajstić information content (AvgIpc) is 3.03. The molecule has 5 nitrogen and oxygen atoms in total. The predicted octanol–water partition coefficient (Wildman–Crippen LogP) is 4.91. The second-order valence-corrected chi connectivity index (χ2v) is 6.60. The Morgan fingerprint density at radius 3 is 2.57 bits per heavy atom. The number of carboxylic acids is 1. The van der Waals surface area contributed by atoms with Gasteiger partial charge in [-0.15, -0.1) is 0 Å². The number of benzene rings is 2. The number of unbranched alkanes of at least 4 members (excludes halogenated alkanes) is 1. The molecule has 0 aliphatic carbocycles. The van der Waals surface area contributed by atoms with E-state index in [4.69, 9.17) is 9.84 Å². The first kappa shape index (κ1) is 19.4. The van der Waals surface area contributed by atoms with Gasteiger partial charge < -0.3 is 9.84 Å². The molecule has 0 radical (unpaired) electrons. The first-order chi connectivity index (χ1) is 13.5. The number of rotatable bonds is 7. The Hall–Kier alpha value is -3.34. The van der Waals surface area contributed by atoms with E-state index in [2.05, 4.69) is 6.92 Å². The second-order valence-electron chi connectivity index (χ2n) is 6.60. The van der Waals surface area contributed by atoms with Gasteiger partial charge in [-0.25, -0.2) is 4.79 Å². The summed E-state index contributed by atoms with van der Waals surface area (Å²) in [7, 11) is 0. The molecule has 144 valence electrons. The third-order valence-corrected chi connectivity index (χ3v) is 4.54. The van der Waals surface area contributed by atoms with Crippen LogP contribution in [0, 0.1) is 6.92 Å². The van der Waals surface area contributed by atoms with Crippen molar-refractivity contribution in [2.24, 2.45) is 0 Å². The summed E-state index contributed by atoms with van der Waals surface area (Å²) in [4.78, 5) is 23.9. The van der Waals surface area contributed by atoms with E-state index >= 15 is 0 Å². The highest BCUT2D eigenvalue weighted by molar-refractivity contribution is 6.05. The number of ether oxygens (including phenoxy) is 1. The van der Waals surface area contributed by atoms with Gasteiger partial charge in [0.15, 0.2) is 0 Å². The molecule has 0 atom stereocenters. The van der Waals surface area contributed by atoms with Crippen LogP contribution in [0.3, 0.4) is 0 Å². The fourth-order valence-corrected chi connectivity index (χ4v) is 3.12. The van der Waals surface area contributed by atoms with Crippen LogP contribution in [0.2, 0.25) is 0 Å². The summed E-state index contributed by atoms with van der Waals surface area (Å²) < 4.78 is 7.31. The number of nitrogens with zero attached hydrogens (tertiary/aromatic N) is 1. The molecule has 0 saturated heterocycles. The lowest BCUT2D eigenvalue weighted by Crippen LogP contribution is -2.13. The summed E-state index contributed by atoms with van der Waals surface area (Å²) in [5.41, 5.74) is 2.86. The van der Waals surface area contributed by atoms with Crippen LogP contribution in [0.4, 0.5) is 0 Å². The van der Waals surface area contributed by atoms with Crippen LogP contribution in [-0.2, 0) is 4.79 Å². The minimum Gasteiger partial charge on any atom is -0.494 e. The molecule has 1 N–H and O–H groups in total. The van der Waals surface area contributed by atoms with Crippen molar-refractivity contribution in [2.45, 2.75) is 26.7 Å². The predicted molar refractivity (Wildman–Crippen MR) is 110 cm³/mol. The van der Waals surface area contributed by atoms with E-state index in [1.807, 2.05) is 43.3 Å². The van der Waals surface area contributed by atoms with Gasteiger partial charge in [0.25, 0.3) is 5.91 Å². The van der Waals surface area contributed by atoms with Gasteiger partial charge in [0.1, 0.15) is 5.75 Å². The van der Waals surface area contributed by atoms with Crippen LogP contribution in [0.1, 0.15) is 41.4 Å². The monoisotopic (exact) mass is 377 g/mol. The van der Waals surface area contributed by atoms with Gasteiger partial charge in [-0.2, -0.15) is 0 Å². The number of carbonyl (C=O) groups excluding carboxylic acids is 1. The van der Waals surface area contributed by atoms with Crippen molar-refractivity contribution in [1.29, 1.82) is 0 Å². The van der Waals surface area contributed by atoms with Crippen molar-refractivity contribution in [3.63, 3.8) is 0 Å². The third-order valence-electron chi connectivity index (χ3n) is 4.54. The molecule has 0 fully saturated rings. The number of hydrogen-bond donors (Lipinski definition) is 1. The van der Waals surface area contributed by atoms with Crippen molar-refractivity contribution in [1.82, 2.24) is 4.57 Å². The van der Waals surface area contributed by atoms with Gasteiger partial charge in [-0.3, -0.25) is 9.36 Å². The molecule has 5 heteroatoms. The molecule has 28 heavy (non-hydrogen) atoms. The van der Waals surface area contributed by atoms with Crippen molar-refractivity contribution < 1.29 is 19.4 Å². The molecule has 0 bridgehead atoms. The maximum Gasteiger partial charge on any atom is 0.328 e. The fourth-order valence-electron chi connectivity index (χ4n) is 3.12. The molecule has 0 amide bonds. The highest BCUT2D eigenvalue weighted by atomic mass is 16.5. The van der Waals surface area contributed by atoms with Crippen molar-refractivity contribution in [2.75, 3.05) is 6.61 Å². The van der Waals surface area contributed by atoms with Crippen LogP contribution in [0.15, 0.2) is 54.6 Å². The molecule has 0 aliphatic heterocycles. The van der Waals surface area contributed by atoms with Crippen molar-refractivity contribution in [3.8, 4) is 5.75 Å². The van der Waals surface area contributed by atoms with Crippen LogP contribution in [0.25, 0.3) is 17.0 Å². The molecule has 3 aromatic rings. The number of aliphatic carboxylic acids is 1. The number of hydrogen-bond acceptors (Lipinski definition) is 3. The maximum atomic E-state index is 13.1. The molecular formula is C23H23NO4. The second kappa shape index (κ2) is 8.57. The number of carboxylic acid groups (broad SMARTS) is 1. The normalized spacial score (nSPS) is 11.2. The van der Waals surface area contributed by atoms with E-state index in [-0.39, 0.29) is 5.91 Å². The smallest absolute Gasteiger partial charge is 0.328 e. The maximum absolute atomic E-state index is 13.1. The summed E-state index contributed by atoms with van der Waals surface area (Å²) in [5.74, 6) is -0.391. The van der Waals surface area contributed by atoms with Crippen LogP contribution in [0.5, 0.6) is 5.75 Å². The minimum atomic E-state index is -1.01. The summed E-state index contributed by atoms with van der Waals surface area (Å²) in [6.45, 7) is 4.64. The van der Waals surface area contributed by atoms with Gasteiger partial charge in [-0.1, -0.05) is 25.5 Å². The highest BCUT2D eigenvalue weighted by Gasteiger charge is 2.16. The first-order valence-corrected chi connectivity index (χ1v) is 9.31. The molecule has 3 rings (SSSR count). The zero-order valence-electron chi connectivity index (χ0n) is 16.0. The SMILES string of the molecule is CCCCOc1ccc(C(=O)n2c(C)cc3c(C=CC(=O)O)cccc32)cc1. The topological polar surface area (TPSA) is 68.5 Å². The van der Waals surface area contributed by atoms with Crippen LogP contribution < -0.4 is 4.74 Å². The lowest BCUT2D eigenvalue weighted by Gasteiger charge is -2.09. The number of aromatic nitrogens is 1. The van der Waals surface area contributed by atoms with Gasteiger partial charge in [0.2, 0.25) is 0 Å². The van der Waals surface area contributed by atoms with Crippen LogP contribution >= 0.6 is 0 Å². The third kappa shape index (κ3) is 4.14. The minimum absolute atomic E-state index is 0.132. The highest BCUT2D eigenvalue weighted by Crippen LogP contribution is 2.26.